The van der Waals surface area contributed by atoms with E-state index in [2.05, 4.69) is 9.97 Å². The smallest absolute Gasteiger partial charge is 0.180 e. The maximum absolute atomic E-state index is 9.50. The first-order chi connectivity index (χ1) is 32.8. The number of hydrogen-bond acceptors (Lipinski definition) is 4. The second kappa shape index (κ2) is 11.2. The van der Waals surface area contributed by atoms with Crippen molar-refractivity contribution in [1.82, 2.24) is 9.97 Å². The molecular formula is C48H28N2O2. The third-order valence-electron chi connectivity index (χ3n) is 9.07. The SMILES string of the molecule is [2H]c1cc([2H])c(-c2c([2H])c([2H])c([2H])c3c2oc2c([2H])c([2H])c([2H])c([2H])c23)c([2H])c1-c1ncnc2c1oc1ccc(-c3ccc4cc(-c5c([2H])c([2H])c6c([2H])c([2H])c([2H])c([2H])c6c5[2H])ccc4c3)cc12. The molecule has 0 spiro atoms. The molecule has 0 aliphatic carbocycles. The third kappa shape index (κ3) is 4.55. The molecule has 11 rings (SSSR count). The minimum atomic E-state index is -0.630. The minimum absolute atomic E-state index is 0.0154. The Hall–Kier alpha value is -7.04. The molecular weight excluding hydrogens is 637 g/mol. The quantitative estimate of drug-likeness (QED) is 0.185. The lowest BCUT2D eigenvalue weighted by molar-refractivity contribution is 0.667. The Morgan fingerprint density at radius 2 is 1.17 bits per heavy atom. The Morgan fingerprint density at radius 1 is 0.442 bits per heavy atom. The van der Waals surface area contributed by atoms with Gasteiger partial charge in [0.15, 0.2) is 5.58 Å². The third-order valence-corrected chi connectivity index (χ3v) is 9.07. The van der Waals surface area contributed by atoms with E-state index < -0.39 is 84.6 Å². The summed E-state index contributed by atoms with van der Waals surface area (Å²) in [7, 11) is 0. The van der Waals surface area contributed by atoms with Gasteiger partial charge in [-0.15, -0.1) is 0 Å². The summed E-state index contributed by atoms with van der Waals surface area (Å²) in [6.45, 7) is 0. The van der Waals surface area contributed by atoms with Gasteiger partial charge in [-0.1, -0.05) is 121 Å². The zero-order valence-corrected chi connectivity index (χ0v) is 26.6. The zero-order chi connectivity index (χ0) is 49.0. The Labute approximate surface area is 322 Å². The second-order valence-corrected chi connectivity index (χ2v) is 12.1. The van der Waals surface area contributed by atoms with Gasteiger partial charge in [0.25, 0.3) is 0 Å². The van der Waals surface area contributed by atoms with Crippen molar-refractivity contribution in [1.29, 1.82) is 0 Å². The Kier molecular flexibility index (Phi) is 3.63. The molecule has 4 nitrogen and oxygen atoms in total. The molecule has 0 saturated carbocycles. The fourth-order valence-electron chi connectivity index (χ4n) is 6.58. The lowest BCUT2D eigenvalue weighted by Crippen LogP contribution is -1.88. The van der Waals surface area contributed by atoms with Crippen LogP contribution in [-0.4, -0.2) is 9.97 Å². The van der Waals surface area contributed by atoms with Crippen LogP contribution in [0.5, 0.6) is 0 Å². The van der Waals surface area contributed by atoms with Gasteiger partial charge >= 0.3 is 0 Å². The van der Waals surface area contributed by atoms with Gasteiger partial charge in [0.1, 0.15) is 34.3 Å². The molecule has 0 amide bonds. The van der Waals surface area contributed by atoms with Crippen molar-refractivity contribution >= 4 is 65.6 Å². The van der Waals surface area contributed by atoms with E-state index in [1.54, 1.807) is 24.3 Å². The monoisotopic (exact) mass is 681 g/mol. The van der Waals surface area contributed by atoms with Gasteiger partial charge in [0, 0.05) is 27.3 Å². The van der Waals surface area contributed by atoms with Crippen molar-refractivity contribution < 1.29 is 32.1 Å². The van der Waals surface area contributed by atoms with E-state index in [0.717, 1.165) is 28.0 Å². The van der Waals surface area contributed by atoms with Crippen molar-refractivity contribution in [3.05, 3.63) is 170 Å². The molecule has 0 N–H and O–H groups in total. The summed E-state index contributed by atoms with van der Waals surface area (Å²) in [5, 5.41) is 1.42. The normalized spacial score (nSPS) is 16.4. The summed E-state index contributed by atoms with van der Waals surface area (Å²) >= 11 is 0. The number of rotatable bonds is 4. The van der Waals surface area contributed by atoms with E-state index >= 15 is 0 Å². The van der Waals surface area contributed by atoms with E-state index in [9.17, 15) is 1.37 Å². The van der Waals surface area contributed by atoms with Gasteiger partial charge in [-0.05, 0) is 91.8 Å². The second-order valence-electron chi connectivity index (χ2n) is 12.1. The predicted molar refractivity (Wildman–Crippen MR) is 213 cm³/mol. The van der Waals surface area contributed by atoms with Crippen molar-refractivity contribution in [2.45, 2.75) is 0 Å². The average molecular weight is 682 g/mol. The first kappa shape index (κ1) is 16.8. The molecule has 0 saturated heterocycles. The van der Waals surface area contributed by atoms with Crippen molar-refractivity contribution in [2.75, 3.05) is 0 Å². The highest BCUT2D eigenvalue weighted by Gasteiger charge is 2.18. The summed E-state index contributed by atoms with van der Waals surface area (Å²) < 4.78 is 159. The average Bonchev–Trinajstić information content (AvgIpc) is 3.92. The summed E-state index contributed by atoms with van der Waals surface area (Å²) in [5.74, 6) is 0. The van der Waals surface area contributed by atoms with Crippen LogP contribution in [0.1, 0.15) is 23.3 Å². The molecule has 3 aromatic heterocycles. The van der Waals surface area contributed by atoms with Crippen LogP contribution in [0.25, 0.3) is 110 Å². The number of furan rings is 2. The van der Waals surface area contributed by atoms with Crippen molar-refractivity contribution in [2.24, 2.45) is 0 Å². The van der Waals surface area contributed by atoms with E-state index in [0.29, 0.717) is 22.0 Å². The number of para-hydroxylation sites is 2. The van der Waals surface area contributed by atoms with Crippen LogP contribution < -0.4 is 0 Å². The zero-order valence-electron chi connectivity index (χ0n) is 43.6. The number of aromatic nitrogens is 2. The Bertz CT molecular complexity index is 4190. The standard InChI is InChI=1S/C48H28N2O2/c1-2-8-30-23-31(16-15-29(30)7-1)32-17-18-34-25-35(20-19-33(34)24-32)36-21-22-44-42(27-36)46-48(52-44)45(49-28-50-46)38-10-5-9-37(26-38)39-12-6-13-41-40-11-3-4-14-43(40)51-47(39)41/h1-28H/i1D,2D,3D,4D,6D,7D,8D,9D,10D,11D,12D,13D,14D,15D,16D,23D,26D. The maximum Gasteiger partial charge on any atom is 0.180 e. The molecule has 11 aromatic rings. The fraction of sp³-hybridized carbons (Fsp3) is 0. The Balaban J connectivity index is 1.02. The molecule has 3 heterocycles. The van der Waals surface area contributed by atoms with Gasteiger partial charge in [0.05, 0.1) is 23.3 Å². The summed E-state index contributed by atoms with van der Waals surface area (Å²) in [6, 6.07) is 9.31. The van der Waals surface area contributed by atoms with Crippen LogP contribution in [0, 0.1) is 0 Å². The summed E-state index contributed by atoms with van der Waals surface area (Å²) in [5.41, 5.74) is 1.63. The van der Waals surface area contributed by atoms with E-state index in [1.165, 1.54) is 6.33 Å². The van der Waals surface area contributed by atoms with E-state index in [4.69, 9.17) is 30.8 Å². The van der Waals surface area contributed by atoms with Crippen LogP contribution in [-0.2, 0) is 0 Å². The van der Waals surface area contributed by atoms with E-state index in [-0.39, 0.29) is 84.4 Å². The van der Waals surface area contributed by atoms with Gasteiger partial charge in [-0.25, -0.2) is 9.97 Å². The molecule has 0 bridgehead atoms. The molecule has 52 heavy (non-hydrogen) atoms. The number of hydrogen-bond donors (Lipinski definition) is 0. The molecule has 0 aliphatic heterocycles. The molecule has 8 aromatic carbocycles. The topological polar surface area (TPSA) is 52.1 Å². The fourth-order valence-corrected chi connectivity index (χ4v) is 6.58. The molecule has 0 fully saturated rings. The summed E-state index contributed by atoms with van der Waals surface area (Å²) in [4.78, 5) is 8.96. The molecule has 0 unspecified atom stereocenters. The summed E-state index contributed by atoms with van der Waals surface area (Å²) in [6.07, 6.45) is 1.24. The largest absolute Gasteiger partial charge is 0.455 e. The van der Waals surface area contributed by atoms with Crippen molar-refractivity contribution in [3.8, 4) is 44.6 Å². The molecule has 4 heteroatoms. The number of fused-ring (bicyclic) bond motifs is 8. The number of nitrogens with zero attached hydrogens (tertiary/aromatic N) is 2. The highest BCUT2D eigenvalue weighted by Crippen LogP contribution is 2.40. The predicted octanol–water partition coefficient (Wildman–Crippen LogP) is 13.2. The molecule has 0 atom stereocenters. The lowest BCUT2D eigenvalue weighted by Gasteiger charge is -2.08. The first-order valence-corrected chi connectivity index (χ1v) is 16.1. The maximum atomic E-state index is 9.50. The van der Waals surface area contributed by atoms with Crippen LogP contribution >= 0.6 is 0 Å². The molecule has 0 radical (unpaired) electrons. The van der Waals surface area contributed by atoms with Crippen LogP contribution in [0.4, 0.5) is 0 Å². The van der Waals surface area contributed by atoms with Gasteiger partial charge in [-0.2, -0.15) is 0 Å². The number of benzene rings is 8. The van der Waals surface area contributed by atoms with Crippen LogP contribution in [0.2, 0.25) is 0 Å². The minimum Gasteiger partial charge on any atom is -0.455 e. The van der Waals surface area contributed by atoms with Gasteiger partial charge < -0.3 is 8.83 Å². The van der Waals surface area contributed by atoms with Gasteiger partial charge in [-0.3, -0.25) is 0 Å². The highest BCUT2D eigenvalue weighted by atomic mass is 16.3. The van der Waals surface area contributed by atoms with Gasteiger partial charge in [0.2, 0.25) is 0 Å². The van der Waals surface area contributed by atoms with E-state index in [1.807, 2.05) is 30.3 Å². The Morgan fingerprint density at radius 3 is 2.08 bits per heavy atom. The highest BCUT2D eigenvalue weighted by molar-refractivity contribution is 6.10. The lowest BCUT2D eigenvalue weighted by atomic mass is 9.96. The van der Waals surface area contributed by atoms with Crippen LogP contribution in [0.3, 0.4) is 0 Å². The molecule has 0 aliphatic rings. The molecule has 242 valence electrons. The van der Waals surface area contributed by atoms with Crippen LogP contribution in [0.15, 0.2) is 179 Å². The van der Waals surface area contributed by atoms with Crippen molar-refractivity contribution in [3.63, 3.8) is 0 Å². The first-order valence-electron chi connectivity index (χ1n) is 24.6.